The second-order valence-electron chi connectivity index (χ2n) is 5.69. The number of aliphatic hydroxyl groups excluding tert-OH is 2. The molecule has 0 aliphatic rings. The van der Waals surface area contributed by atoms with Crippen molar-refractivity contribution in [2.75, 3.05) is 20.3 Å². The van der Waals surface area contributed by atoms with Crippen LogP contribution in [0.1, 0.15) is 17.9 Å². The Morgan fingerprint density at radius 3 is 2.56 bits per heavy atom. The molecule has 0 aliphatic heterocycles. The van der Waals surface area contributed by atoms with Crippen LogP contribution in [0.25, 0.3) is 21.9 Å². The summed E-state index contributed by atoms with van der Waals surface area (Å²) in [7, 11) is 1.35. The monoisotopic (exact) mass is 346 g/mol. The van der Waals surface area contributed by atoms with E-state index in [4.69, 9.17) is 9.15 Å². The standard InChI is InChI=1S/C18H18O7/c1-24-13-7-11(22)14(9(8-20)5-6-19)18-16(13)17(23)15-10(21)3-2-4-12(15)25-18/h2-4,7,9,19-22H,5-6,8H2,1H3. The Morgan fingerprint density at radius 2 is 1.92 bits per heavy atom. The first-order valence-corrected chi connectivity index (χ1v) is 7.73. The Labute approximate surface area is 142 Å². The largest absolute Gasteiger partial charge is 0.507 e. The van der Waals surface area contributed by atoms with E-state index in [1.807, 2.05) is 0 Å². The minimum Gasteiger partial charge on any atom is -0.507 e. The maximum atomic E-state index is 12.9. The number of aliphatic hydroxyl groups is 2. The first-order valence-electron chi connectivity index (χ1n) is 7.73. The summed E-state index contributed by atoms with van der Waals surface area (Å²) in [6.07, 6.45) is 0.174. The van der Waals surface area contributed by atoms with Crippen molar-refractivity contribution in [2.24, 2.45) is 0 Å². The van der Waals surface area contributed by atoms with Crippen LogP contribution in [0.3, 0.4) is 0 Å². The number of phenols is 2. The Bertz CT molecular complexity index is 990. The fourth-order valence-corrected chi connectivity index (χ4v) is 3.06. The second kappa shape index (κ2) is 6.62. The Morgan fingerprint density at radius 1 is 1.16 bits per heavy atom. The average Bonchev–Trinajstić information content (AvgIpc) is 2.59. The van der Waals surface area contributed by atoms with Crippen molar-refractivity contribution in [1.82, 2.24) is 0 Å². The number of benzene rings is 2. The number of methoxy groups -OCH3 is 1. The number of rotatable bonds is 5. The number of ether oxygens (including phenoxy) is 1. The van der Waals surface area contributed by atoms with Crippen LogP contribution in [0.15, 0.2) is 33.5 Å². The third-order valence-electron chi connectivity index (χ3n) is 4.26. The van der Waals surface area contributed by atoms with Crippen LogP contribution in [-0.4, -0.2) is 40.7 Å². The van der Waals surface area contributed by atoms with E-state index in [9.17, 15) is 25.2 Å². The molecule has 1 heterocycles. The second-order valence-corrected chi connectivity index (χ2v) is 5.69. The van der Waals surface area contributed by atoms with Crippen molar-refractivity contribution < 1.29 is 29.6 Å². The molecule has 1 aromatic heterocycles. The van der Waals surface area contributed by atoms with Gasteiger partial charge in [-0.15, -0.1) is 0 Å². The van der Waals surface area contributed by atoms with Gasteiger partial charge in [0, 0.05) is 24.2 Å². The molecule has 7 heteroatoms. The fraction of sp³-hybridized carbons (Fsp3) is 0.278. The average molecular weight is 346 g/mol. The van der Waals surface area contributed by atoms with E-state index in [2.05, 4.69) is 0 Å². The minimum absolute atomic E-state index is 0.00708. The summed E-state index contributed by atoms with van der Waals surface area (Å²) in [5.41, 5.74) is -0.0811. The molecular formula is C18H18O7. The van der Waals surface area contributed by atoms with E-state index in [1.165, 1.54) is 31.4 Å². The maximum Gasteiger partial charge on any atom is 0.208 e. The van der Waals surface area contributed by atoms with Gasteiger partial charge in [0.25, 0.3) is 0 Å². The Hall–Kier alpha value is -2.77. The predicted octanol–water partition coefficient (Wildman–Crippen LogP) is 1.82. The summed E-state index contributed by atoms with van der Waals surface area (Å²) < 4.78 is 11.0. The topological polar surface area (TPSA) is 120 Å². The third kappa shape index (κ3) is 2.67. The SMILES string of the molecule is COc1cc(O)c(C(CO)CCO)c2oc3cccc(O)c3c(=O)c12. The minimum atomic E-state index is -0.628. The van der Waals surface area contributed by atoms with Gasteiger partial charge in [-0.25, -0.2) is 0 Å². The van der Waals surface area contributed by atoms with Crippen LogP contribution >= 0.6 is 0 Å². The summed E-state index contributed by atoms with van der Waals surface area (Å²) in [6, 6.07) is 5.70. The van der Waals surface area contributed by atoms with Gasteiger partial charge in [0.1, 0.15) is 39.2 Å². The molecule has 7 nitrogen and oxygen atoms in total. The maximum absolute atomic E-state index is 12.9. The lowest BCUT2D eigenvalue weighted by Gasteiger charge is -2.18. The van der Waals surface area contributed by atoms with E-state index < -0.39 is 11.3 Å². The predicted molar refractivity (Wildman–Crippen MR) is 91.4 cm³/mol. The number of hydrogen-bond donors (Lipinski definition) is 4. The van der Waals surface area contributed by atoms with E-state index >= 15 is 0 Å². The molecule has 0 saturated heterocycles. The number of hydrogen-bond acceptors (Lipinski definition) is 7. The molecule has 0 spiro atoms. The van der Waals surface area contributed by atoms with E-state index in [-0.39, 0.29) is 64.4 Å². The van der Waals surface area contributed by atoms with Crippen molar-refractivity contribution >= 4 is 21.9 Å². The van der Waals surface area contributed by atoms with Crippen LogP contribution in [0.2, 0.25) is 0 Å². The van der Waals surface area contributed by atoms with Crippen molar-refractivity contribution in [3.05, 3.63) is 40.1 Å². The van der Waals surface area contributed by atoms with Crippen LogP contribution in [-0.2, 0) is 0 Å². The molecule has 25 heavy (non-hydrogen) atoms. The van der Waals surface area contributed by atoms with Crippen LogP contribution in [0, 0.1) is 0 Å². The van der Waals surface area contributed by atoms with Gasteiger partial charge in [0.2, 0.25) is 5.43 Å². The van der Waals surface area contributed by atoms with Crippen LogP contribution in [0.4, 0.5) is 0 Å². The summed E-state index contributed by atoms with van der Waals surface area (Å²) in [5, 5.41) is 39.3. The van der Waals surface area contributed by atoms with Gasteiger partial charge in [0.05, 0.1) is 13.7 Å². The zero-order valence-electron chi connectivity index (χ0n) is 13.5. The van der Waals surface area contributed by atoms with Gasteiger partial charge in [-0.05, 0) is 18.6 Å². The smallest absolute Gasteiger partial charge is 0.208 e. The molecule has 4 N–H and O–H groups in total. The number of fused-ring (bicyclic) bond motifs is 2. The molecular weight excluding hydrogens is 328 g/mol. The number of phenolic OH excluding ortho intramolecular Hbond substituents is 2. The molecule has 3 rings (SSSR count). The quantitative estimate of drug-likeness (QED) is 0.520. The van der Waals surface area contributed by atoms with Gasteiger partial charge in [0.15, 0.2) is 0 Å². The molecule has 0 bridgehead atoms. The first-order chi connectivity index (χ1) is 12.0. The highest BCUT2D eigenvalue weighted by Gasteiger charge is 2.25. The van der Waals surface area contributed by atoms with Crippen LogP contribution in [0.5, 0.6) is 17.2 Å². The Balaban J connectivity index is 2.52. The van der Waals surface area contributed by atoms with Gasteiger partial charge >= 0.3 is 0 Å². The van der Waals surface area contributed by atoms with Crippen molar-refractivity contribution in [3.63, 3.8) is 0 Å². The molecule has 0 aliphatic carbocycles. The summed E-state index contributed by atoms with van der Waals surface area (Å²) in [4.78, 5) is 12.9. The summed E-state index contributed by atoms with van der Waals surface area (Å²) in [6.45, 7) is -0.561. The van der Waals surface area contributed by atoms with Gasteiger partial charge in [-0.1, -0.05) is 6.07 Å². The fourth-order valence-electron chi connectivity index (χ4n) is 3.06. The van der Waals surface area contributed by atoms with Gasteiger partial charge < -0.3 is 29.6 Å². The molecule has 0 radical (unpaired) electrons. The van der Waals surface area contributed by atoms with Crippen molar-refractivity contribution in [1.29, 1.82) is 0 Å². The highest BCUT2D eigenvalue weighted by molar-refractivity contribution is 5.98. The van der Waals surface area contributed by atoms with Crippen LogP contribution < -0.4 is 10.2 Å². The Kier molecular flexibility index (Phi) is 4.52. The van der Waals surface area contributed by atoms with Gasteiger partial charge in [-0.2, -0.15) is 0 Å². The lowest BCUT2D eigenvalue weighted by atomic mass is 9.93. The zero-order valence-corrected chi connectivity index (χ0v) is 13.5. The zero-order chi connectivity index (χ0) is 18.1. The molecule has 0 amide bonds. The molecule has 1 atom stereocenters. The lowest BCUT2D eigenvalue weighted by molar-refractivity contribution is 0.218. The normalized spacial score (nSPS) is 12.6. The third-order valence-corrected chi connectivity index (χ3v) is 4.26. The highest BCUT2D eigenvalue weighted by Crippen LogP contribution is 2.40. The molecule has 2 aromatic carbocycles. The molecule has 3 aromatic rings. The van der Waals surface area contributed by atoms with E-state index in [0.29, 0.717) is 0 Å². The summed E-state index contributed by atoms with van der Waals surface area (Å²) >= 11 is 0. The molecule has 0 fully saturated rings. The van der Waals surface area contributed by atoms with Crippen molar-refractivity contribution in [2.45, 2.75) is 12.3 Å². The molecule has 1 unspecified atom stereocenters. The lowest BCUT2D eigenvalue weighted by Crippen LogP contribution is -2.11. The molecule has 0 saturated carbocycles. The van der Waals surface area contributed by atoms with Gasteiger partial charge in [-0.3, -0.25) is 4.79 Å². The number of aromatic hydroxyl groups is 2. The summed E-state index contributed by atoms with van der Waals surface area (Å²) in [5.74, 6) is -0.967. The van der Waals surface area contributed by atoms with E-state index in [0.717, 1.165) is 0 Å². The molecule has 132 valence electrons. The van der Waals surface area contributed by atoms with Crippen molar-refractivity contribution in [3.8, 4) is 17.2 Å². The first kappa shape index (κ1) is 17.1. The highest BCUT2D eigenvalue weighted by atomic mass is 16.5. The van der Waals surface area contributed by atoms with E-state index in [1.54, 1.807) is 0 Å².